The molecular weight excluding hydrogens is 308 g/mol. The van der Waals surface area contributed by atoms with Crippen LogP contribution in [0.15, 0.2) is 18.2 Å². The maximum Gasteiger partial charge on any atom is 0.260 e. The molecule has 0 saturated heterocycles. The Labute approximate surface area is 142 Å². The zero-order chi connectivity index (χ0) is 17.3. The maximum absolute atomic E-state index is 12.2. The van der Waals surface area contributed by atoms with Gasteiger partial charge in [-0.05, 0) is 32.8 Å². The number of rotatable bonds is 6. The van der Waals surface area contributed by atoms with Crippen molar-refractivity contribution in [3.63, 3.8) is 0 Å². The van der Waals surface area contributed by atoms with Crippen molar-refractivity contribution in [1.82, 2.24) is 10.2 Å². The number of amides is 2. The molecule has 1 aromatic rings. The summed E-state index contributed by atoms with van der Waals surface area (Å²) in [4.78, 5) is 25.3. The largest absolute Gasteiger partial charge is 0.483 e. The lowest BCUT2D eigenvalue weighted by Gasteiger charge is -2.19. The summed E-state index contributed by atoms with van der Waals surface area (Å²) in [6, 6.07) is 6.00. The van der Waals surface area contributed by atoms with Gasteiger partial charge >= 0.3 is 0 Å². The van der Waals surface area contributed by atoms with Crippen LogP contribution in [-0.4, -0.2) is 48.6 Å². The fourth-order valence-corrected chi connectivity index (χ4v) is 2.76. The molecule has 1 fully saturated rings. The van der Waals surface area contributed by atoms with E-state index in [2.05, 4.69) is 5.32 Å². The van der Waals surface area contributed by atoms with E-state index in [4.69, 9.17) is 9.47 Å². The number of carbonyl (C=O) groups excluding carboxylic acids is 2. The summed E-state index contributed by atoms with van der Waals surface area (Å²) in [5, 5.41) is 2.86. The van der Waals surface area contributed by atoms with Gasteiger partial charge in [0.15, 0.2) is 18.1 Å². The van der Waals surface area contributed by atoms with Gasteiger partial charge in [-0.3, -0.25) is 9.59 Å². The minimum atomic E-state index is -0.260. The molecule has 0 bridgehead atoms. The van der Waals surface area contributed by atoms with Gasteiger partial charge in [-0.15, -0.1) is 0 Å². The molecule has 1 saturated carbocycles. The number of likely N-dealkylation sites (N-methyl/N-ethyl adjacent to an activating group) is 1. The Bertz CT molecular complexity index is 652. The monoisotopic (exact) mass is 332 g/mol. The maximum atomic E-state index is 12.2. The van der Waals surface area contributed by atoms with E-state index in [0.717, 1.165) is 24.8 Å². The highest BCUT2D eigenvalue weighted by atomic mass is 16.5. The molecule has 6 heteroatoms. The fourth-order valence-electron chi connectivity index (χ4n) is 2.76. The smallest absolute Gasteiger partial charge is 0.260 e. The van der Waals surface area contributed by atoms with Crippen molar-refractivity contribution in [1.29, 1.82) is 0 Å². The highest BCUT2D eigenvalue weighted by Crippen LogP contribution is 2.41. The first-order chi connectivity index (χ1) is 11.3. The topological polar surface area (TPSA) is 67.9 Å². The van der Waals surface area contributed by atoms with Gasteiger partial charge in [-0.2, -0.15) is 0 Å². The van der Waals surface area contributed by atoms with Crippen LogP contribution in [0, 0.1) is 0 Å². The number of hydrogen-bond acceptors (Lipinski definition) is 4. The number of hydrogen-bond donors (Lipinski definition) is 1. The Morgan fingerprint density at radius 3 is 2.83 bits per heavy atom. The minimum absolute atomic E-state index is 0.0507. The Hall–Kier alpha value is -2.24. The quantitative estimate of drug-likeness (QED) is 0.857. The fraction of sp³-hybridized carbons (Fsp3) is 0.556. The first kappa shape index (κ1) is 16.6. The van der Waals surface area contributed by atoms with Crippen molar-refractivity contribution in [2.45, 2.75) is 44.8 Å². The molecule has 2 aliphatic rings. The molecule has 6 nitrogen and oxygen atoms in total. The van der Waals surface area contributed by atoms with E-state index in [-0.39, 0.29) is 30.6 Å². The molecule has 1 heterocycles. The summed E-state index contributed by atoms with van der Waals surface area (Å²) < 4.78 is 11.6. The second kappa shape index (κ2) is 6.34. The number of benzene rings is 1. The van der Waals surface area contributed by atoms with Crippen molar-refractivity contribution >= 4 is 11.8 Å². The summed E-state index contributed by atoms with van der Waals surface area (Å²) >= 11 is 0. The average molecular weight is 332 g/mol. The van der Waals surface area contributed by atoms with E-state index >= 15 is 0 Å². The van der Waals surface area contributed by atoms with Crippen LogP contribution in [0.5, 0.6) is 11.5 Å². The summed E-state index contributed by atoms with van der Waals surface area (Å²) in [5.74, 6) is 0.918. The van der Waals surface area contributed by atoms with Gasteiger partial charge in [0.25, 0.3) is 5.91 Å². The molecule has 0 spiro atoms. The van der Waals surface area contributed by atoms with Gasteiger partial charge in [0.2, 0.25) is 5.91 Å². The second-order valence-electron chi connectivity index (χ2n) is 7.16. The normalized spacial score (nSPS) is 17.6. The number of fused-ring (bicyclic) bond motifs is 1. The van der Waals surface area contributed by atoms with E-state index in [1.807, 2.05) is 26.0 Å². The third-order valence-electron chi connectivity index (χ3n) is 4.16. The lowest BCUT2D eigenvalue weighted by molar-refractivity contribution is -0.136. The average Bonchev–Trinajstić information content (AvgIpc) is 3.24. The first-order valence-corrected chi connectivity index (χ1v) is 8.31. The first-order valence-electron chi connectivity index (χ1n) is 8.31. The zero-order valence-electron chi connectivity index (χ0n) is 14.4. The van der Waals surface area contributed by atoms with Crippen LogP contribution in [0.4, 0.5) is 0 Å². The number of para-hydroxylation sites is 1. The summed E-state index contributed by atoms with van der Waals surface area (Å²) in [6.45, 7) is 3.98. The number of carbonyl (C=O) groups is 2. The van der Waals surface area contributed by atoms with Crippen LogP contribution < -0.4 is 14.8 Å². The van der Waals surface area contributed by atoms with Gasteiger partial charge in [0.1, 0.15) is 5.60 Å². The molecule has 0 unspecified atom stereocenters. The van der Waals surface area contributed by atoms with Gasteiger partial charge in [-0.25, -0.2) is 0 Å². The molecule has 0 atom stereocenters. The highest BCUT2D eigenvalue weighted by Gasteiger charge is 2.32. The van der Waals surface area contributed by atoms with Crippen molar-refractivity contribution < 1.29 is 19.1 Å². The Morgan fingerprint density at radius 1 is 1.38 bits per heavy atom. The Kier molecular flexibility index (Phi) is 4.39. The molecule has 1 aliphatic carbocycles. The van der Waals surface area contributed by atoms with Crippen molar-refractivity contribution in [2.24, 2.45) is 0 Å². The molecule has 2 amide bonds. The third-order valence-corrected chi connectivity index (χ3v) is 4.16. The van der Waals surface area contributed by atoms with E-state index in [1.54, 1.807) is 13.1 Å². The minimum Gasteiger partial charge on any atom is -0.483 e. The molecule has 130 valence electrons. The predicted octanol–water partition coefficient (Wildman–Crippen LogP) is 1.52. The van der Waals surface area contributed by atoms with Crippen molar-refractivity contribution in [2.75, 3.05) is 20.2 Å². The molecule has 1 aliphatic heterocycles. The number of nitrogens with zero attached hydrogens (tertiary/aromatic N) is 1. The highest BCUT2D eigenvalue weighted by molar-refractivity contribution is 5.85. The molecule has 3 rings (SSSR count). The standard InChI is InChI=1S/C18H24N2O4/c1-18(2)9-12-5-4-6-14(17(12)24-18)23-11-16(22)20(3)10-15(21)19-13-7-8-13/h4-6,13H,7-11H2,1-3H3,(H,19,21). The molecule has 0 radical (unpaired) electrons. The van der Waals surface area contributed by atoms with Gasteiger partial charge < -0.3 is 19.7 Å². The van der Waals surface area contributed by atoms with Gasteiger partial charge in [0.05, 0.1) is 6.54 Å². The zero-order valence-corrected chi connectivity index (χ0v) is 14.4. The Morgan fingerprint density at radius 2 is 2.12 bits per heavy atom. The van der Waals surface area contributed by atoms with Crippen LogP contribution in [0.2, 0.25) is 0 Å². The van der Waals surface area contributed by atoms with Crippen LogP contribution in [-0.2, 0) is 16.0 Å². The SMILES string of the molecule is CN(CC(=O)NC1CC1)C(=O)COc1cccc2c1OC(C)(C)C2. The second-order valence-corrected chi connectivity index (χ2v) is 7.16. The van der Waals surface area contributed by atoms with E-state index in [1.165, 1.54) is 4.90 Å². The van der Waals surface area contributed by atoms with Crippen LogP contribution in [0.1, 0.15) is 32.3 Å². The molecule has 24 heavy (non-hydrogen) atoms. The lowest BCUT2D eigenvalue weighted by atomic mass is 10.0. The number of nitrogens with one attached hydrogen (secondary N) is 1. The molecule has 1 aromatic carbocycles. The molecular formula is C18H24N2O4. The Balaban J connectivity index is 1.53. The third kappa shape index (κ3) is 3.99. The summed E-state index contributed by atoms with van der Waals surface area (Å²) in [6.07, 6.45) is 2.87. The molecule has 1 N–H and O–H groups in total. The van der Waals surface area contributed by atoms with Crippen LogP contribution in [0.3, 0.4) is 0 Å². The van der Waals surface area contributed by atoms with Crippen molar-refractivity contribution in [3.8, 4) is 11.5 Å². The predicted molar refractivity (Wildman–Crippen MR) is 89.1 cm³/mol. The molecule has 0 aromatic heterocycles. The number of ether oxygens (including phenoxy) is 2. The van der Waals surface area contributed by atoms with Crippen LogP contribution >= 0.6 is 0 Å². The van der Waals surface area contributed by atoms with Gasteiger partial charge in [0, 0.05) is 25.1 Å². The summed E-state index contributed by atoms with van der Waals surface area (Å²) in [7, 11) is 1.60. The lowest BCUT2D eigenvalue weighted by Crippen LogP contribution is -2.40. The van der Waals surface area contributed by atoms with Gasteiger partial charge in [-0.1, -0.05) is 12.1 Å². The van der Waals surface area contributed by atoms with E-state index < -0.39 is 0 Å². The van der Waals surface area contributed by atoms with Crippen LogP contribution in [0.25, 0.3) is 0 Å². The van der Waals surface area contributed by atoms with Crippen molar-refractivity contribution in [3.05, 3.63) is 23.8 Å². The summed E-state index contributed by atoms with van der Waals surface area (Å²) in [5.41, 5.74) is 0.825. The van der Waals surface area contributed by atoms with E-state index in [0.29, 0.717) is 17.5 Å². The van der Waals surface area contributed by atoms with E-state index in [9.17, 15) is 9.59 Å².